The molecule has 1 amide bonds. The molecule has 0 radical (unpaired) electrons. The average Bonchev–Trinajstić information content (AvgIpc) is 2.00. The van der Waals surface area contributed by atoms with Gasteiger partial charge in [-0.05, 0) is 28.1 Å². The predicted octanol–water partition coefficient (Wildman–Crippen LogP) is 1.35. The first-order valence-electron chi connectivity index (χ1n) is 3.47. The van der Waals surface area contributed by atoms with Crippen molar-refractivity contribution in [3.05, 3.63) is 28.0 Å². The molecule has 0 aliphatic carbocycles. The molecule has 1 rings (SSSR count). The minimum absolute atomic E-state index is 0.0418. The van der Waals surface area contributed by atoms with Gasteiger partial charge < -0.3 is 5.73 Å². The number of carbonyl (C=O) groups is 1. The van der Waals surface area contributed by atoms with Crippen molar-refractivity contribution >= 4 is 32.1 Å². The number of benzene rings is 1. The molecule has 0 aliphatic heterocycles. The van der Waals surface area contributed by atoms with E-state index in [2.05, 4.69) is 15.9 Å². The van der Waals surface area contributed by atoms with Crippen LogP contribution in [0.4, 0.5) is 8.28 Å². The molecule has 0 aliphatic rings. The summed E-state index contributed by atoms with van der Waals surface area (Å²) in [6, 6.07) is 1.20. The van der Waals surface area contributed by atoms with Gasteiger partial charge in [0, 0.05) is 4.47 Å². The third-order valence-electron chi connectivity index (χ3n) is 1.55. The fourth-order valence-corrected chi connectivity index (χ4v) is 1.97. The van der Waals surface area contributed by atoms with Crippen molar-refractivity contribution < 1.29 is 21.5 Å². The number of rotatable bonds is 2. The molecular weight excluding hydrogens is 296 g/mol. The second-order valence-electron chi connectivity index (χ2n) is 2.56. The van der Waals surface area contributed by atoms with Gasteiger partial charge in [0.25, 0.3) is 0 Å². The highest BCUT2D eigenvalue weighted by atomic mass is 79.9. The van der Waals surface area contributed by atoms with Crippen molar-refractivity contribution in [2.45, 2.75) is 4.90 Å². The largest absolute Gasteiger partial charge is 0.366 e. The van der Waals surface area contributed by atoms with E-state index in [-0.39, 0.29) is 10.0 Å². The Labute approximate surface area is 92.4 Å². The Morgan fingerprint density at radius 3 is 2.33 bits per heavy atom. The fourth-order valence-electron chi connectivity index (χ4n) is 0.905. The van der Waals surface area contributed by atoms with Crippen molar-refractivity contribution in [1.82, 2.24) is 0 Å². The van der Waals surface area contributed by atoms with Gasteiger partial charge in [-0.25, -0.2) is 4.39 Å². The van der Waals surface area contributed by atoms with Crippen LogP contribution in [-0.4, -0.2) is 14.3 Å². The molecule has 15 heavy (non-hydrogen) atoms. The zero-order valence-corrected chi connectivity index (χ0v) is 9.40. The number of amides is 1. The molecule has 0 fully saturated rings. The predicted molar refractivity (Wildman–Crippen MR) is 50.9 cm³/mol. The molecule has 0 aromatic heterocycles. The molecule has 0 atom stereocenters. The van der Waals surface area contributed by atoms with E-state index in [1.807, 2.05) is 0 Å². The first kappa shape index (κ1) is 12.1. The normalized spacial score (nSPS) is 11.4. The van der Waals surface area contributed by atoms with E-state index >= 15 is 0 Å². The summed E-state index contributed by atoms with van der Waals surface area (Å²) in [6.07, 6.45) is 0. The van der Waals surface area contributed by atoms with Crippen LogP contribution < -0.4 is 5.73 Å². The highest BCUT2D eigenvalue weighted by Gasteiger charge is 2.21. The summed E-state index contributed by atoms with van der Waals surface area (Å²) in [5, 5.41) is 0. The molecule has 4 nitrogen and oxygen atoms in total. The van der Waals surface area contributed by atoms with Crippen LogP contribution in [0.1, 0.15) is 10.4 Å². The minimum atomic E-state index is -5.21. The van der Waals surface area contributed by atoms with E-state index in [4.69, 9.17) is 5.73 Å². The summed E-state index contributed by atoms with van der Waals surface area (Å²) in [7, 11) is -5.21. The standard InChI is InChI=1S/C7H4BrF2NO3S/c8-4-2-5(9)6(15(10,13)14)1-3(4)7(11)12/h1-2H,(H2,11,12). The van der Waals surface area contributed by atoms with Gasteiger partial charge in [-0.3, -0.25) is 4.79 Å². The van der Waals surface area contributed by atoms with Crippen molar-refractivity contribution in [2.75, 3.05) is 0 Å². The van der Waals surface area contributed by atoms with Gasteiger partial charge in [0.05, 0.1) is 5.56 Å². The maximum Gasteiger partial charge on any atom is 0.335 e. The average molecular weight is 300 g/mol. The van der Waals surface area contributed by atoms with Crippen LogP contribution in [0.5, 0.6) is 0 Å². The summed E-state index contributed by atoms with van der Waals surface area (Å²) < 4.78 is 46.4. The molecule has 0 heterocycles. The van der Waals surface area contributed by atoms with Gasteiger partial charge >= 0.3 is 10.2 Å². The number of hydrogen-bond donors (Lipinski definition) is 1. The summed E-state index contributed by atoms with van der Waals surface area (Å²) >= 11 is 2.79. The maximum absolute atomic E-state index is 13.0. The van der Waals surface area contributed by atoms with Crippen molar-refractivity contribution in [3.63, 3.8) is 0 Å². The Morgan fingerprint density at radius 1 is 1.40 bits per heavy atom. The molecule has 0 spiro atoms. The molecule has 82 valence electrons. The molecule has 0 saturated carbocycles. The lowest BCUT2D eigenvalue weighted by molar-refractivity contribution is 0.0999. The number of nitrogens with two attached hydrogens (primary N) is 1. The van der Waals surface area contributed by atoms with Gasteiger partial charge in [0.15, 0.2) is 0 Å². The molecule has 1 aromatic carbocycles. The lowest BCUT2D eigenvalue weighted by atomic mass is 10.2. The minimum Gasteiger partial charge on any atom is -0.366 e. The van der Waals surface area contributed by atoms with E-state index in [0.29, 0.717) is 12.1 Å². The molecule has 0 bridgehead atoms. The van der Waals surface area contributed by atoms with Crippen LogP contribution >= 0.6 is 15.9 Å². The first-order valence-corrected chi connectivity index (χ1v) is 5.64. The van der Waals surface area contributed by atoms with Crippen LogP contribution in [-0.2, 0) is 10.2 Å². The van der Waals surface area contributed by atoms with E-state index in [9.17, 15) is 21.5 Å². The van der Waals surface area contributed by atoms with Gasteiger partial charge in [-0.1, -0.05) is 0 Å². The van der Waals surface area contributed by atoms with Gasteiger partial charge in [-0.15, -0.1) is 3.89 Å². The van der Waals surface area contributed by atoms with Crippen molar-refractivity contribution in [1.29, 1.82) is 0 Å². The molecule has 0 unspecified atom stereocenters. The number of carbonyl (C=O) groups excluding carboxylic acids is 1. The Morgan fingerprint density at radius 2 is 1.93 bits per heavy atom. The second-order valence-corrected chi connectivity index (χ2v) is 4.73. The van der Waals surface area contributed by atoms with Crippen LogP contribution in [0, 0.1) is 5.82 Å². The summed E-state index contributed by atoms with van der Waals surface area (Å²) in [5.41, 5.74) is 4.56. The van der Waals surface area contributed by atoms with Crippen molar-refractivity contribution in [3.8, 4) is 0 Å². The number of primary amides is 1. The summed E-state index contributed by atoms with van der Waals surface area (Å²) in [5.74, 6) is -2.29. The Bertz CT molecular complexity index is 529. The molecule has 0 saturated heterocycles. The van der Waals surface area contributed by atoms with E-state index in [0.717, 1.165) is 0 Å². The number of halogens is 3. The molecule has 8 heteroatoms. The summed E-state index contributed by atoms with van der Waals surface area (Å²) in [4.78, 5) is 9.56. The summed E-state index contributed by atoms with van der Waals surface area (Å²) in [6.45, 7) is 0. The second kappa shape index (κ2) is 3.86. The van der Waals surface area contributed by atoms with Crippen LogP contribution in [0.15, 0.2) is 21.5 Å². The number of hydrogen-bond acceptors (Lipinski definition) is 3. The molecule has 1 aromatic rings. The zero-order valence-electron chi connectivity index (χ0n) is 7.00. The SMILES string of the molecule is NC(=O)c1cc(S(=O)(=O)F)c(F)cc1Br. The van der Waals surface area contributed by atoms with E-state index in [1.165, 1.54) is 0 Å². The smallest absolute Gasteiger partial charge is 0.335 e. The highest BCUT2D eigenvalue weighted by molar-refractivity contribution is 9.10. The Kier molecular flexibility index (Phi) is 3.10. The van der Waals surface area contributed by atoms with E-state index < -0.39 is 26.8 Å². The zero-order chi connectivity index (χ0) is 11.8. The monoisotopic (exact) mass is 299 g/mol. The fraction of sp³-hybridized carbons (Fsp3) is 0. The molecular formula is C7H4BrF2NO3S. The molecule has 2 N–H and O–H groups in total. The highest BCUT2D eigenvalue weighted by Crippen LogP contribution is 2.25. The third kappa shape index (κ3) is 2.51. The van der Waals surface area contributed by atoms with Crippen LogP contribution in [0.25, 0.3) is 0 Å². The van der Waals surface area contributed by atoms with Crippen LogP contribution in [0.3, 0.4) is 0 Å². The van der Waals surface area contributed by atoms with Crippen molar-refractivity contribution in [2.24, 2.45) is 5.73 Å². The topological polar surface area (TPSA) is 77.2 Å². The van der Waals surface area contributed by atoms with Crippen LogP contribution in [0.2, 0.25) is 0 Å². The first-order chi connectivity index (χ1) is 6.73. The quantitative estimate of drug-likeness (QED) is 0.837. The third-order valence-corrected chi connectivity index (χ3v) is 3.04. The Hall–Kier alpha value is -1.02. The Balaban J connectivity index is 3.58. The van der Waals surface area contributed by atoms with E-state index in [1.54, 1.807) is 0 Å². The van der Waals surface area contributed by atoms with Gasteiger partial charge in [0.1, 0.15) is 10.7 Å². The van der Waals surface area contributed by atoms with Gasteiger partial charge in [0.2, 0.25) is 5.91 Å². The lowest BCUT2D eigenvalue weighted by Crippen LogP contribution is -2.13. The van der Waals surface area contributed by atoms with Gasteiger partial charge in [-0.2, -0.15) is 8.42 Å². The maximum atomic E-state index is 13.0. The lowest BCUT2D eigenvalue weighted by Gasteiger charge is -2.03.